The molecule has 0 N–H and O–H groups in total. The van der Waals surface area contributed by atoms with E-state index in [0.717, 1.165) is 0 Å². The Balaban J connectivity index is 2.51. The second kappa shape index (κ2) is 5.37. The Morgan fingerprint density at radius 2 is 2.00 bits per heavy atom. The highest BCUT2D eigenvalue weighted by molar-refractivity contribution is 5.94. The van der Waals surface area contributed by atoms with Gasteiger partial charge in [0, 0.05) is 12.0 Å². The fourth-order valence-corrected chi connectivity index (χ4v) is 1.03. The number of rotatable bonds is 5. The minimum absolute atomic E-state index is 0.0281. The van der Waals surface area contributed by atoms with Crippen LogP contribution in [0.3, 0.4) is 0 Å². The number of hydrogen-bond donors (Lipinski definition) is 0. The molecule has 0 aliphatic heterocycles. The zero-order valence-electron chi connectivity index (χ0n) is 8.13. The molecule has 0 spiro atoms. The zero-order chi connectivity index (χ0) is 10.4. The number of carbonyl (C=O) groups excluding carboxylic acids is 1. The quantitative estimate of drug-likeness (QED) is 0.534. The van der Waals surface area contributed by atoms with Crippen LogP contribution in [0.15, 0.2) is 24.3 Å². The Labute approximate surface area is 82.7 Å². The lowest BCUT2D eigenvalue weighted by Gasteiger charge is -2.04. The molecule has 0 amide bonds. The summed E-state index contributed by atoms with van der Waals surface area (Å²) in [4.78, 5) is 10.9. The molecule has 0 saturated carbocycles. The second-order valence-electron chi connectivity index (χ2n) is 2.97. The average molecular weight is 196 g/mol. The molecule has 0 saturated heterocycles. The molecule has 0 aliphatic carbocycles. The van der Waals surface area contributed by atoms with Crippen molar-refractivity contribution >= 4 is 5.78 Å². The first-order valence-corrected chi connectivity index (χ1v) is 4.54. The number of hydrogen-bond acceptors (Lipinski definition) is 2. The van der Waals surface area contributed by atoms with Crippen LogP contribution in [0.4, 0.5) is 4.39 Å². The third kappa shape index (κ3) is 3.17. The van der Waals surface area contributed by atoms with Gasteiger partial charge in [-0.1, -0.05) is 0 Å². The molecule has 0 radical (unpaired) electrons. The number of ether oxygens (including phenoxy) is 1. The first kappa shape index (κ1) is 10.7. The van der Waals surface area contributed by atoms with E-state index < -0.39 is 0 Å². The first-order valence-electron chi connectivity index (χ1n) is 4.54. The van der Waals surface area contributed by atoms with Crippen molar-refractivity contribution in [2.45, 2.75) is 13.3 Å². The summed E-state index contributed by atoms with van der Waals surface area (Å²) in [6.45, 7) is 1.51. The third-order valence-electron chi connectivity index (χ3n) is 1.81. The Morgan fingerprint density at radius 3 is 2.50 bits per heavy atom. The summed E-state index contributed by atoms with van der Waals surface area (Å²) in [5, 5.41) is 0. The van der Waals surface area contributed by atoms with E-state index >= 15 is 0 Å². The fourth-order valence-electron chi connectivity index (χ4n) is 1.03. The van der Waals surface area contributed by atoms with Gasteiger partial charge in [0.25, 0.3) is 0 Å². The van der Waals surface area contributed by atoms with Crippen LogP contribution in [0.1, 0.15) is 23.7 Å². The summed E-state index contributed by atoms with van der Waals surface area (Å²) < 4.78 is 17.0. The maximum atomic E-state index is 11.7. The Bertz CT molecular complexity index is 293. The summed E-state index contributed by atoms with van der Waals surface area (Å²) >= 11 is 0. The highest BCUT2D eigenvalue weighted by Crippen LogP contribution is 2.12. The summed E-state index contributed by atoms with van der Waals surface area (Å²) in [5.74, 6) is 0.698. The summed E-state index contributed by atoms with van der Waals surface area (Å²) in [6, 6.07) is 6.84. The molecule has 0 fully saturated rings. The van der Waals surface area contributed by atoms with Crippen molar-refractivity contribution < 1.29 is 13.9 Å². The summed E-state index contributed by atoms with van der Waals surface area (Å²) in [7, 11) is 0. The lowest BCUT2D eigenvalue weighted by molar-refractivity contribution is 0.101. The molecule has 0 unspecified atom stereocenters. The van der Waals surface area contributed by atoms with Gasteiger partial charge >= 0.3 is 0 Å². The highest BCUT2D eigenvalue weighted by Gasteiger charge is 1.98. The molecular weight excluding hydrogens is 183 g/mol. The predicted octanol–water partition coefficient (Wildman–Crippen LogP) is 2.63. The van der Waals surface area contributed by atoms with E-state index in [1.54, 1.807) is 24.3 Å². The van der Waals surface area contributed by atoms with Crippen LogP contribution in [-0.2, 0) is 0 Å². The number of ketones is 1. The molecule has 3 heteroatoms. The second-order valence-corrected chi connectivity index (χ2v) is 2.97. The molecule has 76 valence electrons. The number of benzene rings is 1. The van der Waals surface area contributed by atoms with E-state index in [1.807, 2.05) is 0 Å². The van der Waals surface area contributed by atoms with Gasteiger partial charge in [-0.2, -0.15) is 0 Å². The number of Topliss-reactive ketones (excluding diaryl/α,β-unsaturated/α-hetero) is 1. The SMILES string of the molecule is CC(=O)c1ccc(OCCCF)cc1. The molecule has 0 aromatic heterocycles. The summed E-state index contributed by atoms with van der Waals surface area (Å²) in [6.07, 6.45) is 0.397. The maximum Gasteiger partial charge on any atom is 0.159 e. The lowest BCUT2D eigenvalue weighted by Crippen LogP contribution is -1.98. The largest absolute Gasteiger partial charge is 0.493 e. The normalized spacial score (nSPS) is 9.86. The van der Waals surface area contributed by atoms with Gasteiger partial charge in [-0.25, -0.2) is 0 Å². The van der Waals surface area contributed by atoms with Crippen molar-refractivity contribution in [1.29, 1.82) is 0 Å². The first-order chi connectivity index (χ1) is 6.74. The van der Waals surface area contributed by atoms with Crippen LogP contribution in [0.2, 0.25) is 0 Å². The highest BCUT2D eigenvalue weighted by atomic mass is 19.1. The molecule has 0 heterocycles. The van der Waals surface area contributed by atoms with Crippen molar-refractivity contribution in [1.82, 2.24) is 0 Å². The minimum Gasteiger partial charge on any atom is -0.493 e. The van der Waals surface area contributed by atoms with Gasteiger partial charge in [-0.05, 0) is 31.2 Å². The van der Waals surface area contributed by atoms with Crippen LogP contribution in [0.25, 0.3) is 0 Å². The number of alkyl halides is 1. The van der Waals surface area contributed by atoms with Gasteiger partial charge in [0.15, 0.2) is 5.78 Å². The maximum absolute atomic E-state index is 11.7. The average Bonchev–Trinajstić information content (AvgIpc) is 2.19. The lowest BCUT2D eigenvalue weighted by atomic mass is 10.1. The third-order valence-corrected chi connectivity index (χ3v) is 1.81. The molecule has 0 bridgehead atoms. The fraction of sp³-hybridized carbons (Fsp3) is 0.364. The standard InChI is InChI=1S/C11H13FO2/c1-9(13)10-3-5-11(6-4-10)14-8-2-7-12/h3-6H,2,7-8H2,1H3. The van der Waals surface area contributed by atoms with Gasteiger partial charge in [0.1, 0.15) is 5.75 Å². The monoisotopic (exact) mass is 196 g/mol. The van der Waals surface area contributed by atoms with Gasteiger partial charge in [-0.3, -0.25) is 9.18 Å². The van der Waals surface area contributed by atoms with Crippen molar-refractivity contribution in [2.24, 2.45) is 0 Å². The van der Waals surface area contributed by atoms with E-state index in [9.17, 15) is 9.18 Å². The topological polar surface area (TPSA) is 26.3 Å². The van der Waals surface area contributed by atoms with E-state index in [-0.39, 0.29) is 12.5 Å². The Morgan fingerprint density at radius 1 is 1.36 bits per heavy atom. The Kier molecular flexibility index (Phi) is 4.11. The minimum atomic E-state index is -0.370. The Hall–Kier alpha value is -1.38. The molecule has 0 aliphatic rings. The molecular formula is C11H13FO2. The van der Waals surface area contributed by atoms with Gasteiger partial charge in [0.2, 0.25) is 0 Å². The number of carbonyl (C=O) groups is 1. The van der Waals surface area contributed by atoms with E-state index in [1.165, 1.54) is 6.92 Å². The molecule has 1 aromatic carbocycles. The molecule has 1 aromatic rings. The van der Waals surface area contributed by atoms with Crippen LogP contribution in [0.5, 0.6) is 5.75 Å². The van der Waals surface area contributed by atoms with Crippen molar-refractivity contribution in [3.8, 4) is 5.75 Å². The van der Waals surface area contributed by atoms with Crippen LogP contribution >= 0.6 is 0 Å². The molecule has 14 heavy (non-hydrogen) atoms. The molecule has 2 nitrogen and oxygen atoms in total. The molecule has 0 atom stereocenters. The van der Waals surface area contributed by atoms with E-state index in [0.29, 0.717) is 24.3 Å². The number of halogens is 1. The van der Waals surface area contributed by atoms with Crippen molar-refractivity contribution in [2.75, 3.05) is 13.3 Å². The van der Waals surface area contributed by atoms with Crippen LogP contribution in [-0.4, -0.2) is 19.1 Å². The van der Waals surface area contributed by atoms with Gasteiger partial charge in [0.05, 0.1) is 13.3 Å². The predicted molar refractivity (Wildman–Crippen MR) is 52.5 cm³/mol. The van der Waals surface area contributed by atoms with E-state index in [4.69, 9.17) is 4.74 Å². The van der Waals surface area contributed by atoms with E-state index in [2.05, 4.69) is 0 Å². The van der Waals surface area contributed by atoms with Crippen LogP contribution < -0.4 is 4.74 Å². The zero-order valence-corrected chi connectivity index (χ0v) is 8.13. The van der Waals surface area contributed by atoms with Gasteiger partial charge in [-0.15, -0.1) is 0 Å². The van der Waals surface area contributed by atoms with Gasteiger partial charge < -0.3 is 4.74 Å². The van der Waals surface area contributed by atoms with Crippen LogP contribution in [0, 0.1) is 0 Å². The van der Waals surface area contributed by atoms with Crippen molar-refractivity contribution in [3.05, 3.63) is 29.8 Å². The molecule has 1 rings (SSSR count). The smallest absolute Gasteiger partial charge is 0.159 e. The summed E-state index contributed by atoms with van der Waals surface area (Å²) in [5.41, 5.74) is 0.655. The van der Waals surface area contributed by atoms with Crippen molar-refractivity contribution in [3.63, 3.8) is 0 Å².